The van der Waals surface area contributed by atoms with E-state index < -0.39 is 6.09 Å². The van der Waals surface area contributed by atoms with Crippen molar-refractivity contribution in [1.82, 2.24) is 0 Å². The normalized spacial score (nSPS) is 16.9. The number of ether oxygens (including phenoxy) is 1. The SMILES string of the molecule is CCc1cccc(-c2ccc3c(c2)CCCC3OC(N)=O)c1. The van der Waals surface area contributed by atoms with Gasteiger partial charge in [-0.05, 0) is 53.5 Å². The zero-order chi connectivity index (χ0) is 15.5. The molecule has 0 saturated carbocycles. The molecule has 0 fully saturated rings. The minimum atomic E-state index is -0.697. The fourth-order valence-electron chi connectivity index (χ4n) is 3.18. The highest BCUT2D eigenvalue weighted by Gasteiger charge is 2.23. The van der Waals surface area contributed by atoms with Gasteiger partial charge in [0.2, 0.25) is 0 Å². The van der Waals surface area contributed by atoms with Crippen LogP contribution in [0.15, 0.2) is 42.5 Å². The quantitative estimate of drug-likeness (QED) is 0.913. The van der Waals surface area contributed by atoms with Crippen LogP contribution in [0.1, 0.15) is 42.6 Å². The summed E-state index contributed by atoms with van der Waals surface area (Å²) in [6.07, 6.45) is 3.03. The van der Waals surface area contributed by atoms with Crippen LogP contribution in [0.4, 0.5) is 4.79 Å². The molecule has 114 valence electrons. The zero-order valence-electron chi connectivity index (χ0n) is 12.8. The van der Waals surface area contributed by atoms with Gasteiger partial charge in [-0.1, -0.05) is 49.4 Å². The molecule has 1 unspecified atom stereocenters. The number of carbonyl (C=O) groups excluding carboxylic acids is 1. The van der Waals surface area contributed by atoms with Crippen LogP contribution in [-0.2, 0) is 17.6 Å². The van der Waals surface area contributed by atoms with E-state index in [0.717, 1.165) is 31.2 Å². The van der Waals surface area contributed by atoms with Crippen LogP contribution in [0, 0.1) is 0 Å². The first-order valence-electron chi connectivity index (χ1n) is 7.85. The molecular weight excluding hydrogens is 274 g/mol. The average molecular weight is 295 g/mol. The summed E-state index contributed by atoms with van der Waals surface area (Å²) < 4.78 is 5.24. The number of hydrogen-bond acceptors (Lipinski definition) is 2. The van der Waals surface area contributed by atoms with Crippen molar-refractivity contribution in [2.24, 2.45) is 5.73 Å². The number of rotatable bonds is 3. The number of nitrogens with two attached hydrogens (primary N) is 1. The molecule has 0 saturated heterocycles. The zero-order valence-corrected chi connectivity index (χ0v) is 12.8. The Labute approximate surface area is 131 Å². The Morgan fingerprint density at radius 1 is 1.23 bits per heavy atom. The Morgan fingerprint density at radius 3 is 2.82 bits per heavy atom. The second kappa shape index (κ2) is 6.22. The molecule has 22 heavy (non-hydrogen) atoms. The predicted octanol–water partition coefficient (Wildman–Crippen LogP) is 4.39. The van der Waals surface area contributed by atoms with Gasteiger partial charge in [0.05, 0.1) is 0 Å². The molecule has 1 aliphatic rings. The molecule has 3 nitrogen and oxygen atoms in total. The Balaban J connectivity index is 1.94. The number of benzene rings is 2. The maximum absolute atomic E-state index is 11.0. The first kappa shape index (κ1) is 14.6. The van der Waals surface area contributed by atoms with E-state index in [1.54, 1.807) is 0 Å². The Kier molecular flexibility index (Phi) is 4.14. The molecule has 2 N–H and O–H groups in total. The van der Waals surface area contributed by atoms with Crippen LogP contribution in [-0.4, -0.2) is 6.09 Å². The number of hydrogen-bond donors (Lipinski definition) is 1. The number of fused-ring (bicyclic) bond motifs is 1. The van der Waals surface area contributed by atoms with Crippen molar-refractivity contribution >= 4 is 6.09 Å². The minimum Gasteiger partial charge on any atom is -0.442 e. The van der Waals surface area contributed by atoms with Crippen LogP contribution in [0.5, 0.6) is 0 Å². The summed E-state index contributed by atoms with van der Waals surface area (Å²) in [6.45, 7) is 2.16. The molecule has 1 amide bonds. The molecule has 0 bridgehead atoms. The van der Waals surface area contributed by atoms with Gasteiger partial charge in [-0.25, -0.2) is 4.79 Å². The largest absolute Gasteiger partial charge is 0.442 e. The monoisotopic (exact) mass is 295 g/mol. The fraction of sp³-hybridized carbons (Fsp3) is 0.316. The van der Waals surface area contributed by atoms with E-state index in [1.165, 1.54) is 22.3 Å². The average Bonchev–Trinajstić information content (AvgIpc) is 2.54. The van der Waals surface area contributed by atoms with Gasteiger partial charge < -0.3 is 10.5 Å². The molecule has 3 heteroatoms. The summed E-state index contributed by atoms with van der Waals surface area (Å²) in [7, 11) is 0. The molecule has 2 aromatic rings. The second-order valence-corrected chi connectivity index (χ2v) is 5.79. The molecule has 0 aliphatic heterocycles. The lowest BCUT2D eigenvalue weighted by molar-refractivity contribution is 0.0959. The van der Waals surface area contributed by atoms with Gasteiger partial charge in [0.1, 0.15) is 6.10 Å². The maximum atomic E-state index is 11.0. The third-order valence-corrected chi connectivity index (χ3v) is 4.33. The van der Waals surface area contributed by atoms with Crippen LogP contribution in [0.3, 0.4) is 0 Å². The van der Waals surface area contributed by atoms with Crippen LogP contribution < -0.4 is 5.73 Å². The van der Waals surface area contributed by atoms with Gasteiger partial charge in [0, 0.05) is 0 Å². The van der Waals surface area contributed by atoms with Crippen molar-refractivity contribution in [2.45, 2.75) is 38.7 Å². The Bertz CT molecular complexity index is 694. The summed E-state index contributed by atoms with van der Waals surface area (Å²) in [6, 6.07) is 15.0. The second-order valence-electron chi connectivity index (χ2n) is 5.79. The van der Waals surface area contributed by atoms with Gasteiger partial charge in [0.25, 0.3) is 0 Å². The van der Waals surface area contributed by atoms with Crippen molar-refractivity contribution in [3.05, 3.63) is 59.2 Å². The Morgan fingerprint density at radius 2 is 2.05 bits per heavy atom. The standard InChI is InChI=1S/C19H21NO2/c1-2-13-5-3-6-14(11-13)15-9-10-17-16(12-15)7-4-8-18(17)22-19(20)21/h3,5-6,9-12,18H,2,4,7-8H2,1H3,(H2,20,21). The maximum Gasteiger partial charge on any atom is 0.405 e. The van der Waals surface area contributed by atoms with Crippen LogP contribution >= 0.6 is 0 Å². The van der Waals surface area contributed by atoms with Crippen molar-refractivity contribution < 1.29 is 9.53 Å². The molecule has 0 spiro atoms. The molecule has 0 heterocycles. The number of carbonyl (C=O) groups is 1. The molecule has 1 atom stereocenters. The predicted molar refractivity (Wildman–Crippen MR) is 87.6 cm³/mol. The molecule has 1 aliphatic carbocycles. The van der Waals surface area contributed by atoms with Gasteiger partial charge >= 0.3 is 6.09 Å². The van der Waals surface area contributed by atoms with Gasteiger partial charge in [0.15, 0.2) is 0 Å². The highest BCUT2D eigenvalue weighted by atomic mass is 16.6. The number of amides is 1. The third-order valence-electron chi connectivity index (χ3n) is 4.33. The van der Waals surface area contributed by atoms with E-state index in [-0.39, 0.29) is 6.10 Å². The first-order chi connectivity index (χ1) is 10.7. The highest BCUT2D eigenvalue weighted by molar-refractivity contribution is 5.67. The van der Waals surface area contributed by atoms with Gasteiger partial charge in [-0.2, -0.15) is 0 Å². The fourth-order valence-corrected chi connectivity index (χ4v) is 3.18. The molecule has 0 radical (unpaired) electrons. The summed E-state index contributed by atoms with van der Waals surface area (Å²) >= 11 is 0. The van der Waals surface area contributed by atoms with Gasteiger partial charge in [-0.15, -0.1) is 0 Å². The topological polar surface area (TPSA) is 52.3 Å². The number of aryl methyl sites for hydroxylation is 2. The summed E-state index contributed by atoms with van der Waals surface area (Å²) in [5.41, 5.74) is 11.3. The Hall–Kier alpha value is -2.29. The van der Waals surface area contributed by atoms with Crippen molar-refractivity contribution in [2.75, 3.05) is 0 Å². The van der Waals surface area contributed by atoms with E-state index in [4.69, 9.17) is 10.5 Å². The van der Waals surface area contributed by atoms with E-state index >= 15 is 0 Å². The lowest BCUT2D eigenvalue weighted by Crippen LogP contribution is -2.20. The van der Waals surface area contributed by atoms with Crippen molar-refractivity contribution in [3.8, 4) is 11.1 Å². The lowest BCUT2D eigenvalue weighted by Gasteiger charge is -2.25. The van der Waals surface area contributed by atoms with Gasteiger partial charge in [-0.3, -0.25) is 0 Å². The smallest absolute Gasteiger partial charge is 0.405 e. The number of primary amides is 1. The highest BCUT2D eigenvalue weighted by Crippen LogP contribution is 2.35. The lowest BCUT2D eigenvalue weighted by atomic mass is 9.87. The van der Waals surface area contributed by atoms with Crippen molar-refractivity contribution in [3.63, 3.8) is 0 Å². The summed E-state index contributed by atoms with van der Waals surface area (Å²) in [5, 5.41) is 0. The molecule has 0 aromatic heterocycles. The van der Waals surface area contributed by atoms with Crippen LogP contribution in [0.2, 0.25) is 0 Å². The first-order valence-corrected chi connectivity index (χ1v) is 7.85. The summed E-state index contributed by atoms with van der Waals surface area (Å²) in [5.74, 6) is 0. The van der Waals surface area contributed by atoms with Crippen LogP contribution in [0.25, 0.3) is 11.1 Å². The molecule has 3 rings (SSSR count). The molecular formula is C19H21NO2. The van der Waals surface area contributed by atoms with E-state index in [9.17, 15) is 4.79 Å². The molecule has 2 aromatic carbocycles. The van der Waals surface area contributed by atoms with E-state index in [0.29, 0.717) is 0 Å². The third kappa shape index (κ3) is 2.98. The van der Waals surface area contributed by atoms with E-state index in [1.807, 2.05) is 0 Å². The summed E-state index contributed by atoms with van der Waals surface area (Å²) in [4.78, 5) is 11.0. The van der Waals surface area contributed by atoms with Crippen molar-refractivity contribution in [1.29, 1.82) is 0 Å². The van der Waals surface area contributed by atoms with E-state index in [2.05, 4.69) is 49.4 Å². The minimum absolute atomic E-state index is 0.197.